The van der Waals surface area contributed by atoms with Gasteiger partial charge >= 0.3 is 5.97 Å². The molecule has 1 saturated carbocycles. The Bertz CT molecular complexity index is 436. The maximum atomic E-state index is 12.8. The van der Waals surface area contributed by atoms with Crippen molar-refractivity contribution in [1.29, 1.82) is 0 Å². The fraction of sp³-hybridized carbons (Fsp3) is 0.588. The molecule has 0 aromatic heterocycles. The van der Waals surface area contributed by atoms with E-state index in [9.17, 15) is 9.18 Å². The Hall–Kier alpha value is -1.42. The molecule has 0 heterocycles. The molecule has 0 saturated heterocycles. The second kappa shape index (κ2) is 8.13. The van der Waals surface area contributed by atoms with Crippen LogP contribution in [0.3, 0.4) is 0 Å². The highest BCUT2D eigenvalue weighted by Crippen LogP contribution is 2.28. The number of hydrogen-bond donors (Lipinski definition) is 0. The van der Waals surface area contributed by atoms with Crippen LogP contribution in [0.15, 0.2) is 24.3 Å². The molecule has 1 aromatic carbocycles. The first-order valence-corrected chi connectivity index (χ1v) is 7.78. The number of carbonyl (C=O) groups excluding carboxylic acids is 1. The van der Waals surface area contributed by atoms with Gasteiger partial charge in [-0.25, -0.2) is 4.39 Å². The summed E-state index contributed by atoms with van der Waals surface area (Å²) >= 11 is 0. The molecule has 0 unspecified atom stereocenters. The summed E-state index contributed by atoms with van der Waals surface area (Å²) in [6.45, 7) is 2.96. The van der Waals surface area contributed by atoms with E-state index in [1.807, 2.05) is 0 Å². The van der Waals surface area contributed by atoms with E-state index in [1.54, 1.807) is 0 Å². The molecule has 0 spiro atoms. The molecule has 4 heteroatoms. The summed E-state index contributed by atoms with van der Waals surface area (Å²) in [5, 5.41) is 0. The quantitative estimate of drug-likeness (QED) is 0.450. The third-order valence-electron chi connectivity index (χ3n) is 3.89. The minimum absolute atomic E-state index is 0.0684. The van der Waals surface area contributed by atoms with Crippen molar-refractivity contribution in [1.82, 2.24) is 0 Å². The van der Waals surface area contributed by atoms with E-state index in [4.69, 9.17) is 9.47 Å². The van der Waals surface area contributed by atoms with Crippen molar-refractivity contribution in [2.24, 2.45) is 5.92 Å². The zero-order valence-corrected chi connectivity index (χ0v) is 12.5. The van der Waals surface area contributed by atoms with E-state index < -0.39 is 0 Å². The second-order valence-electron chi connectivity index (χ2n) is 5.57. The van der Waals surface area contributed by atoms with E-state index in [0.29, 0.717) is 5.75 Å². The van der Waals surface area contributed by atoms with Gasteiger partial charge in [0, 0.05) is 6.61 Å². The standard InChI is InChI=1S/C17H23FO3/c1-2-3-12-20-15-8-4-13(5-9-15)17(19)21-16-10-6-14(18)7-11-16/h6-7,10-11,13,15H,2-5,8-9,12H2,1H3. The largest absolute Gasteiger partial charge is 0.426 e. The van der Waals surface area contributed by atoms with Gasteiger partial charge in [-0.05, 0) is 56.4 Å². The van der Waals surface area contributed by atoms with Crippen LogP contribution >= 0.6 is 0 Å². The Labute approximate surface area is 125 Å². The molecule has 0 atom stereocenters. The van der Waals surface area contributed by atoms with Gasteiger partial charge in [0.2, 0.25) is 0 Å². The first kappa shape index (κ1) is 16.0. The summed E-state index contributed by atoms with van der Waals surface area (Å²) in [6.07, 6.45) is 5.94. The zero-order chi connectivity index (χ0) is 15.1. The van der Waals surface area contributed by atoms with Gasteiger partial charge in [-0.15, -0.1) is 0 Å². The average molecular weight is 294 g/mol. The lowest BCUT2D eigenvalue weighted by molar-refractivity contribution is -0.141. The SMILES string of the molecule is CCCCOC1CCC(C(=O)Oc2ccc(F)cc2)CC1. The van der Waals surface area contributed by atoms with E-state index in [2.05, 4.69) is 6.92 Å². The van der Waals surface area contributed by atoms with E-state index in [1.165, 1.54) is 24.3 Å². The molecule has 1 aromatic rings. The highest BCUT2D eigenvalue weighted by molar-refractivity contribution is 5.75. The number of carbonyl (C=O) groups is 1. The molecular weight excluding hydrogens is 271 g/mol. The third-order valence-corrected chi connectivity index (χ3v) is 3.89. The monoisotopic (exact) mass is 294 g/mol. The fourth-order valence-corrected chi connectivity index (χ4v) is 2.56. The predicted octanol–water partition coefficient (Wildman–Crippen LogP) is 4.11. The molecule has 1 aliphatic carbocycles. The average Bonchev–Trinajstić information content (AvgIpc) is 2.50. The van der Waals surface area contributed by atoms with Gasteiger partial charge in [0.05, 0.1) is 12.0 Å². The molecule has 0 N–H and O–H groups in total. The molecule has 1 fully saturated rings. The summed E-state index contributed by atoms with van der Waals surface area (Å²) in [7, 11) is 0. The topological polar surface area (TPSA) is 35.5 Å². The number of hydrogen-bond acceptors (Lipinski definition) is 3. The second-order valence-corrected chi connectivity index (χ2v) is 5.57. The summed E-state index contributed by atoms with van der Waals surface area (Å²) in [5.41, 5.74) is 0. The lowest BCUT2D eigenvalue weighted by Gasteiger charge is -2.27. The Morgan fingerprint density at radius 1 is 1.19 bits per heavy atom. The Balaban J connectivity index is 1.74. The van der Waals surface area contributed by atoms with E-state index in [0.717, 1.165) is 45.1 Å². The highest BCUT2D eigenvalue weighted by atomic mass is 19.1. The van der Waals surface area contributed by atoms with Gasteiger partial charge in [0.1, 0.15) is 11.6 Å². The van der Waals surface area contributed by atoms with Gasteiger partial charge in [-0.2, -0.15) is 0 Å². The molecule has 0 bridgehead atoms. The van der Waals surface area contributed by atoms with Crippen LogP contribution in [0.1, 0.15) is 45.4 Å². The van der Waals surface area contributed by atoms with Crippen LogP contribution < -0.4 is 4.74 Å². The highest BCUT2D eigenvalue weighted by Gasteiger charge is 2.28. The van der Waals surface area contributed by atoms with Crippen LogP contribution in [0, 0.1) is 11.7 Å². The minimum Gasteiger partial charge on any atom is -0.426 e. The van der Waals surface area contributed by atoms with Gasteiger partial charge < -0.3 is 9.47 Å². The van der Waals surface area contributed by atoms with Crippen molar-refractivity contribution < 1.29 is 18.7 Å². The van der Waals surface area contributed by atoms with E-state index in [-0.39, 0.29) is 23.8 Å². The molecule has 1 aliphatic rings. The Morgan fingerprint density at radius 2 is 1.86 bits per heavy atom. The van der Waals surface area contributed by atoms with Crippen molar-refractivity contribution in [2.75, 3.05) is 6.61 Å². The normalized spacial score (nSPS) is 22.0. The first-order chi connectivity index (χ1) is 10.2. The molecular formula is C17H23FO3. The van der Waals surface area contributed by atoms with Crippen LogP contribution in [0.5, 0.6) is 5.75 Å². The van der Waals surface area contributed by atoms with Crippen LogP contribution in [-0.2, 0) is 9.53 Å². The van der Waals surface area contributed by atoms with Gasteiger partial charge in [0.25, 0.3) is 0 Å². The Kier molecular flexibility index (Phi) is 6.18. The molecule has 0 radical (unpaired) electrons. The number of halogens is 1. The zero-order valence-electron chi connectivity index (χ0n) is 12.5. The summed E-state index contributed by atoms with van der Waals surface area (Å²) < 4.78 is 23.9. The predicted molar refractivity (Wildman–Crippen MR) is 78.6 cm³/mol. The smallest absolute Gasteiger partial charge is 0.314 e. The molecule has 2 rings (SSSR count). The van der Waals surface area contributed by atoms with Gasteiger partial charge in [-0.3, -0.25) is 4.79 Å². The maximum absolute atomic E-state index is 12.8. The Morgan fingerprint density at radius 3 is 2.48 bits per heavy atom. The molecule has 21 heavy (non-hydrogen) atoms. The number of rotatable bonds is 6. The minimum atomic E-state index is -0.334. The molecule has 3 nitrogen and oxygen atoms in total. The maximum Gasteiger partial charge on any atom is 0.314 e. The molecule has 116 valence electrons. The molecule has 0 amide bonds. The third kappa shape index (κ3) is 5.12. The fourth-order valence-electron chi connectivity index (χ4n) is 2.56. The van der Waals surface area contributed by atoms with Crippen molar-refractivity contribution in [3.63, 3.8) is 0 Å². The number of ether oxygens (including phenoxy) is 2. The van der Waals surface area contributed by atoms with Crippen molar-refractivity contribution in [2.45, 2.75) is 51.6 Å². The number of unbranched alkanes of at least 4 members (excludes halogenated alkanes) is 1. The summed E-state index contributed by atoms with van der Waals surface area (Å²) in [4.78, 5) is 12.1. The van der Waals surface area contributed by atoms with Crippen molar-refractivity contribution >= 4 is 5.97 Å². The number of benzene rings is 1. The lowest BCUT2D eigenvalue weighted by atomic mass is 9.87. The lowest BCUT2D eigenvalue weighted by Crippen LogP contribution is -2.29. The van der Waals surface area contributed by atoms with Crippen LogP contribution in [0.2, 0.25) is 0 Å². The van der Waals surface area contributed by atoms with Crippen molar-refractivity contribution in [3.05, 3.63) is 30.1 Å². The summed E-state index contributed by atoms with van der Waals surface area (Å²) in [5.74, 6) is -0.211. The molecule has 0 aliphatic heterocycles. The summed E-state index contributed by atoms with van der Waals surface area (Å²) in [6, 6.07) is 5.54. The number of esters is 1. The van der Waals surface area contributed by atoms with Crippen LogP contribution in [-0.4, -0.2) is 18.7 Å². The van der Waals surface area contributed by atoms with E-state index >= 15 is 0 Å². The van der Waals surface area contributed by atoms with Gasteiger partial charge in [-0.1, -0.05) is 13.3 Å². The van der Waals surface area contributed by atoms with Crippen molar-refractivity contribution in [3.8, 4) is 5.75 Å². The first-order valence-electron chi connectivity index (χ1n) is 7.78. The van der Waals surface area contributed by atoms with Crippen LogP contribution in [0.4, 0.5) is 4.39 Å². The van der Waals surface area contributed by atoms with Gasteiger partial charge in [0.15, 0.2) is 0 Å². The van der Waals surface area contributed by atoms with Crippen LogP contribution in [0.25, 0.3) is 0 Å².